The third-order valence-electron chi connectivity index (χ3n) is 3.55. The number of nitrogens with one attached hydrogen (secondary N) is 1. The number of aryl methyl sites for hydroxylation is 1. The first-order chi connectivity index (χ1) is 11.0. The molecular formula is C18H23N3O2. The molecule has 1 atom stereocenters. The Bertz CT molecular complexity index is 690. The van der Waals surface area contributed by atoms with E-state index in [2.05, 4.69) is 10.4 Å². The van der Waals surface area contributed by atoms with E-state index in [4.69, 9.17) is 4.74 Å². The topological polar surface area (TPSA) is 56.1 Å². The van der Waals surface area contributed by atoms with Gasteiger partial charge >= 0.3 is 0 Å². The van der Waals surface area contributed by atoms with Gasteiger partial charge < -0.3 is 10.1 Å². The minimum Gasteiger partial charge on any atom is -0.383 e. The fourth-order valence-corrected chi connectivity index (χ4v) is 2.46. The lowest BCUT2D eigenvalue weighted by atomic mass is 10.2. The van der Waals surface area contributed by atoms with Crippen LogP contribution in [0.2, 0.25) is 0 Å². The predicted molar refractivity (Wildman–Crippen MR) is 91.6 cm³/mol. The van der Waals surface area contributed by atoms with Crippen LogP contribution < -0.4 is 5.32 Å². The van der Waals surface area contributed by atoms with Gasteiger partial charge in [0.15, 0.2) is 0 Å². The molecule has 0 aliphatic rings. The van der Waals surface area contributed by atoms with Gasteiger partial charge in [0.2, 0.25) is 5.91 Å². The Morgan fingerprint density at radius 1 is 1.35 bits per heavy atom. The first-order valence-electron chi connectivity index (χ1n) is 7.62. The van der Waals surface area contributed by atoms with Crippen molar-refractivity contribution in [1.82, 2.24) is 15.1 Å². The average molecular weight is 313 g/mol. The number of hydrogen-bond donors (Lipinski definition) is 1. The van der Waals surface area contributed by atoms with Crippen molar-refractivity contribution < 1.29 is 9.53 Å². The van der Waals surface area contributed by atoms with Crippen molar-refractivity contribution in [3.05, 3.63) is 53.4 Å². The number of para-hydroxylation sites is 1. The molecule has 2 aromatic rings. The highest BCUT2D eigenvalue weighted by Gasteiger charge is 2.11. The second-order valence-corrected chi connectivity index (χ2v) is 5.53. The van der Waals surface area contributed by atoms with Crippen LogP contribution >= 0.6 is 0 Å². The fraction of sp³-hybridized carbons (Fsp3) is 0.333. The summed E-state index contributed by atoms with van der Waals surface area (Å²) in [6.07, 6.45) is 3.35. The van der Waals surface area contributed by atoms with Gasteiger partial charge in [0.05, 0.1) is 18.0 Å². The van der Waals surface area contributed by atoms with Crippen LogP contribution in [-0.4, -0.2) is 35.4 Å². The number of rotatable bonds is 6. The summed E-state index contributed by atoms with van der Waals surface area (Å²) < 4.78 is 6.90. The van der Waals surface area contributed by atoms with Crippen LogP contribution in [0.1, 0.15) is 23.9 Å². The van der Waals surface area contributed by atoms with Gasteiger partial charge in [-0.2, -0.15) is 5.10 Å². The molecule has 0 fully saturated rings. The van der Waals surface area contributed by atoms with Crippen LogP contribution in [0.3, 0.4) is 0 Å². The molecule has 0 bridgehead atoms. The molecule has 23 heavy (non-hydrogen) atoms. The molecule has 1 unspecified atom stereocenters. The van der Waals surface area contributed by atoms with Gasteiger partial charge in [-0.15, -0.1) is 0 Å². The zero-order valence-electron chi connectivity index (χ0n) is 14.0. The van der Waals surface area contributed by atoms with E-state index in [1.54, 1.807) is 13.2 Å². The summed E-state index contributed by atoms with van der Waals surface area (Å²) >= 11 is 0. The van der Waals surface area contributed by atoms with Crippen molar-refractivity contribution in [3.63, 3.8) is 0 Å². The Morgan fingerprint density at radius 3 is 2.70 bits per heavy atom. The van der Waals surface area contributed by atoms with Gasteiger partial charge in [0.25, 0.3) is 0 Å². The number of methoxy groups -OCH3 is 1. The highest BCUT2D eigenvalue weighted by Crippen LogP contribution is 2.18. The van der Waals surface area contributed by atoms with E-state index in [-0.39, 0.29) is 11.9 Å². The SMILES string of the molecule is COCC(C)NC(=O)/C=C/c1c(C)nn(-c2ccccc2)c1C. The number of benzene rings is 1. The average Bonchev–Trinajstić information content (AvgIpc) is 2.81. The minimum atomic E-state index is -0.138. The number of carbonyl (C=O) groups excluding carboxylic acids is 1. The molecule has 122 valence electrons. The Hall–Kier alpha value is -2.40. The second kappa shape index (κ2) is 7.74. The van der Waals surface area contributed by atoms with Crippen LogP contribution in [0.5, 0.6) is 0 Å². The summed E-state index contributed by atoms with van der Waals surface area (Å²) in [6.45, 7) is 6.33. The molecule has 1 amide bonds. The molecule has 1 N–H and O–H groups in total. The zero-order valence-corrected chi connectivity index (χ0v) is 14.0. The van der Waals surface area contributed by atoms with Gasteiger partial charge in [0, 0.05) is 30.5 Å². The van der Waals surface area contributed by atoms with Crippen molar-refractivity contribution >= 4 is 12.0 Å². The van der Waals surface area contributed by atoms with Crippen LogP contribution in [0.25, 0.3) is 11.8 Å². The summed E-state index contributed by atoms with van der Waals surface area (Å²) in [5.41, 5.74) is 3.86. The summed E-state index contributed by atoms with van der Waals surface area (Å²) in [5, 5.41) is 7.41. The molecule has 5 heteroatoms. The van der Waals surface area contributed by atoms with Gasteiger partial charge in [-0.25, -0.2) is 4.68 Å². The van der Waals surface area contributed by atoms with E-state index in [0.29, 0.717) is 6.61 Å². The van der Waals surface area contributed by atoms with Crippen LogP contribution in [0, 0.1) is 13.8 Å². The lowest BCUT2D eigenvalue weighted by molar-refractivity contribution is -0.117. The largest absolute Gasteiger partial charge is 0.383 e. The summed E-state index contributed by atoms with van der Waals surface area (Å²) in [7, 11) is 1.61. The molecule has 2 rings (SSSR count). The molecule has 0 radical (unpaired) electrons. The molecule has 0 aliphatic heterocycles. The Labute approximate surface area is 137 Å². The van der Waals surface area contributed by atoms with Crippen molar-refractivity contribution in [2.75, 3.05) is 13.7 Å². The standard InChI is InChI=1S/C18H23N3O2/c1-13(12-23-4)19-18(22)11-10-17-14(2)20-21(15(17)3)16-8-6-5-7-9-16/h5-11,13H,12H2,1-4H3,(H,19,22)/b11-10+. The lowest BCUT2D eigenvalue weighted by Crippen LogP contribution is -2.34. The molecule has 5 nitrogen and oxygen atoms in total. The van der Waals surface area contributed by atoms with Gasteiger partial charge in [-0.1, -0.05) is 18.2 Å². The maximum atomic E-state index is 11.9. The van der Waals surface area contributed by atoms with Crippen molar-refractivity contribution in [2.24, 2.45) is 0 Å². The third kappa shape index (κ3) is 4.29. The predicted octanol–water partition coefficient (Wildman–Crippen LogP) is 2.65. The molecular weight excluding hydrogens is 290 g/mol. The first kappa shape index (κ1) is 17.0. The molecule has 0 spiro atoms. The van der Waals surface area contributed by atoms with E-state index < -0.39 is 0 Å². The number of aromatic nitrogens is 2. The summed E-state index contributed by atoms with van der Waals surface area (Å²) in [5.74, 6) is -0.138. The molecule has 1 heterocycles. The molecule has 0 saturated heterocycles. The molecule has 1 aromatic heterocycles. The van der Waals surface area contributed by atoms with Crippen molar-refractivity contribution in [3.8, 4) is 5.69 Å². The van der Waals surface area contributed by atoms with E-state index >= 15 is 0 Å². The highest BCUT2D eigenvalue weighted by molar-refractivity contribution is 5.92. The zero-order chi connectivity index (χ0) is 16.8. The van der Waals surface area contributed by atoms with Crippen molar-refractivity contribution in [1.29, 1.82) is 0 Å². The minimum absolute atomic E-state index is 0.0219. The number of amides is 1. The number of carbonyl (C=O) groups is 1. The van der Waals surface area contributed by atoms with E-state index in [1.165, 1.54) is 0 Å². The maximum Gasteiger partial charge on any atom is 0.244 e. The van der Waals surface area contributed by atoms with Crippen molar-refractivity contribution in [2.45, 2.75) is 26.8 Å². The molecule has 0 aliphatic carbocycles. The first-order valence-corrected chi connectivity index (χ1v) is 7.62. The Kier molecular flexibility index (Phi) is 5.71. The quantitative estimate of drug-likeness (QED) is 0.834. The van der Waals surface area contributed by atoms with Crippen LogP contribution in [-0.2, 0) is 9.53 Å². The van der Waals surface area contributed by atoms with Crippen LogP contribution in [0.4, 0.5) is 0 Å². The summed E-state index contributed by atoms with van der Waals surface area (Å²) in [4.78, 5) is 11.9. The molecule has 0 saturated carbocycles. The normalized spacial score (nSPS) is 12.5. The van der Waals surface area contributed by atoms with E-state index in [9.17, 15) is 4.79 Å². The third-order valence-corrected chi connectivity index (χ3v) is 3.55. The Balaban J connectivity index is 2.16. The second-order valence-electron chi connectivity index (χ2n) is 5.53. The number of ether oxygens (including phenoxy) is 1. The number of hydrogen-bond acceptors (Lipinski definition) is 3. The van der Waals surface area contributed by atoms with Crippen LogP contribution in [0.15, 0.2) is 36.4 Å². The van der Waals surface area contributed by atoms with Gasteiger partial charge in [0.1, 0.15) is 0 Å². The van der Waals surface area contributed by atoms with E-state index in [1.807, 2.05) is 61.9 Å². The maximum absolute atomic E-state index is 11.9. The van der Waals surface area contributed by atoms with Gasteiger partial charge in [-0.3, -0.25) is 4.79 Å². The number of nitrogens with zero attached hydrogens (tertiary/aromatic N) is 2. The smallest absolute Gasteiger partial charge is 0.244 e. The van der Waals surface area contributed by atoms with Gasteiger partial charge in [-0.05, 0) is 39.0 Å². The highest BCUT2D eigenvalue weighted by atomic mass is 16.5. The lowest BCUT2D eigenvalue weighted by Gasteiger charge is -2.10. The summed E-state index contributed by atoms with van der Waals surface area (Å²) in [6, 6.07) is 9.92. The monoisotopic (exact) mass is 313 g/mol. The van der Waals surface area contributed by atoms with E-state index in [0.717, 1.165) is 22.6 Å². The Morgan fingerprint density at radius 2 is 2.04 bits per heavy atom. The fourth-order valence-electron chi connectivity index (χ4n) is 2.46. The molecule has 1 aromatic carbocycles.